The number of hydrogen-bond donors (Lipinski definition) is 1. The first-order chi connectivity index (χ1) is 12.5. The molecule has 3 rings (SSSR count). The molecule has 0 aliphatic rings. The van der Waals surface area contributed by atoms with Gasteiger partial charge in [-0.05, 0) is 29.8 Å². The normalized spacial score (nSPS) is 11.2. The second-order valence-corrected chi connectivity index (χ2v) is 7.09. The Bertz CT molecular complexity index is 971. The van der Waals surface area contributed by atoms with Gasteiger partial charge < -0.3 is 9.47 Å². The average molecular weight is 374 g/mol. The van der Waals surface area contributed by atoms with Crippen LogP contribution < -0.4 is 14.2 Å². The van der Waals surface area contributed by atoms with Gasteiger partial charge in [-0.3, -0.25) is 4.72 Å². The Balaban J connectivity index is 1.77. The van der Waals surface area contributed by atoms with Crippen molar-refractivity contribution in [2.45, 2.75) is 11.4 Å². The lowest BCUT2D eigenvalue weighted by Gasteiger charge is -2.12. The molecule has 1 heterocycles. The van der Waals surface area contributed by atoms with Crippen LogP contribution in [0, 0.1) is 0 Å². The number of anilines is 1. The lowest BCUT2D eigenvalue weighted by molar-refractivity contribution is 0.354. The molecule has 8 nitrogen and oxygen atoms in total. The highest BCUT2D eigenvalue weighted by Crippen LogP contribution is 2.30. The Kier molecular flexibility index (Phi) is 5.08. The van der Waals surface area contributed by atoms with E-state index in [1.165, 1.54) is 32.7 Å². The van der Waals surface area contributed by atoms with E-state index in [1.807, 2.05) is 12.1 Å². The van der Waals surface area contributed by atoms with Gasteiger partial charge in [-0.15, -0.1) is 0 Å². The number of rotatable bonds is 7. The average Bonchev–Trinajstić information content (AvgIpc) is 3.15. The third-order valence-electron chi connectivity index (χ3n) is 3.68. The van der Waals surface area contributed by atoms with Crippen LogP contribution in [0.3, 0.4) is 0 Å². The van der Waals surface area contributed by atoms with E-state index in [0.717, 1.165) is 5.56 Å². The van der Waals surface area contributed by atoms with Crippen molar-refractivity contribution in [2.75, 3.05) is 18.9 Å². The number of benzene rings is 2. The standard InChI is InChI=1S/C17H18N4O4S/c1-24-16-8-7-15(9-17(16)25-2)26(22,23)20-14-5-3-13(4-6-14)10-21-12-18-11-19-21/h3-9,11-12,20H,10H2,1-2H3. The summed E-state index contributed by atoms with van der Waals surface area (Å²) in [7, 11) is -0.802. The molecule has 3 aromatic rings. The smallest absolute Gasteiger partial charge is 0.262 e. The van der Waals surface area contributed by atoms with E-state index < -0.39 is 10.0 Å². The summed E-state index contributed by atoms with van der Waals surface area (Å²) in [4.78, 5) is 3.97. The molecule has 0 fully saturated rings. The summed E-state index contributed by atoms with van der Waals surface area (Å²) >= 11 is 0. The topological polar surface area (TPSA) is 95.3 Å². The molecule has 0 spiro atoms. The van der Waals surface area contributed by atoms with Gasteiger partial charge in [0.2, 0.25) is 0 Å². The summed E-state index contributed by atoms with van der Waals surface area (Å²) in [6.07, 6.45) is 3.08. The van der Waals surface area contributed by atoms with E-state index in [4.69, 9.17) is 9.47 Å². The molecule has 0 saturated heterocycles. The Morgan fingerprint density at radius 2 is 1.77 bits per heavy atom. The Morgan fingerprint density at radius 3 is 2.38 bits per heavy atom. The summed E-state index contributed by atoms with van der Waals surface area (Å²) in [6, 6.07) is 11.5. The molecular formula is C17H18N4O4S. The molecule has 2 aromatic carbocycles. The van der Waals surface area contributed by atoms with Gasteiger partial charge in [0.05, 0.1) is 25.7 Å². The first-order valence-electron chi connectivity index (χ1n) is 7.68. The third-order valence-corrected chi connectivity index (χ3v) is 5.06. The number of nitrogens with zero attached hydrogens (tertiary/aromatic N) is 3. The maximum absolute atomic E-state index is 12.6. The minimum absolute atomic E-state index is 0.0850. The van der Waals surface area contributed by atoms with Gasteiger partial charge >= 0.3 is 0 Å². The number of aromatic nitrogens is 3. The van der Waals surface area contributed by atoms with Gasteiger partial charge in [0.15, 0.2) is 11.5 Å². The van der Waals surface area contributed by atoms with E-state index >= 15 is 0 Å². The number of ether oxygens (including phenoxy) is 2. The summed E-state index contributed by atoms with van der Waals surface area (Å²) in [5, 5.41) is 4.04. The largest absolute Gasteiger partial charge is 0.493 e. The number of sulfonamides is 1. The molecule has 1 N–H and O–H groups in total. The zero-order valence-electron chi connectivity index (χ0n) is 14.3. The molecule has 0 unspecified atom stereocenters. The summed E-state index contributed by atoms with van der Waals surface area (Å²) in [6.45, 7) is 0.558. The van der Waals surface area contributed by atoms with Crippen LogP contribution in [-0.2, 0) is 16.6 Å². The maximum atomic E-state index is 12.6. The van der Waals surface area contributed by atoms with Gasteiger partial charge in [-0.2, -0.15) is 5.10 Å². The van der Waals surface area contributed by atoms with Crippen molar-refractivity contribution >= 4 is 15.7 Å². The van der Waals surface area contributed by atoms with Gasteiger partial charge in [0, 0.05) is 11.8 Å². The molecule has 0 atom stereocenters. The fourth-order valence-electron chi connectivity index (χ4n) is 2.38. The van der Waals surface area contributed by atoms with Crippen LogP contribution in [0.5, 0.6) is 11.5 Å². The second kappa shape index (κ2) is 7.44. The van der Waals surface area contributed by atoms with E-state index in [2.05, 4.69) is 14.8 Å². The molecular weight excluding hydrogens is 356 g/mol. The van der Waals surface area contributed by atoms with Crippen LogP contribution in [-0.4, -0.2) is 37.4 Å². The zero-order chi connectivity index (χ0) is 18.6. The lowest BCUT2D eigenvalue weighted by Crippen LogP contribution is -2.13. The minimum atomic E-state index is -3.75. The molecule has 0 radical (unpaired) electrons. The zero-order valence-corrected chi connectivity index (χ0v) is 15.1. The Labute approximate surface area is 151 Å². The Hall–Kier alpha value is -3.07. The molecule has 1 aromatic heterocycles. The molecule has 9 heteroatoms. The van der Waals surface area contributed by atoms with Crippen LogP contribution in [0.2, 0.25) is 0 Å². The van der Waals surface area contributed by atoms with Crippen LogP contribution in [0.15, 0.2) is 60.0 Å². The predicted octanol–water partition coefficient (Wildman–Crippen LogP) is 2.14. The number of hydrogen-bond acceptors (Lipinski definition) is 6. The first kappa shape index (κ1) is 17.7. The van der Waals surface area contributed by atoms with Crippen molar-refractivity contribution in [2.24, 2.45) is 0 Å². The summed E-state index contributed by atoms with van der Waals surface area (Å²) < 4.78 is 39.7. The van der Waals surface area contributed by atoms with Crippen LogP contribution >= 0.6 is 0 Å². The van der Waals surface area contributed by atoms with E-state index in [-0.39, 0.29) is 4.90 Å². The highest BCUT2D eigenvalue weighted by Gasteiger charge is 2.17. The van der Waals surface area contributed by atoms with Crippen LogP contribution in [0.4, 0.5) is 5.69 Å². The van der Waals surface area contributed by atoms with Gasteiger partial charge in [-0.25, -0.2) is 18.1 Å². The van der Waals surface area contributed by atoms with Crippen molar-refractivity contribution in [3.63, 3.8) is 0 Å². The quantitative estimate of drug-likeness (QED) is 0.681. The number of nitrogens with one attached hydrogen (secondary N) is 1. The minimum Gasteiger partial charge on any atom is -0.493 e. The summed E-state index contributed by atoms with van der Waals surface area (Å²) in [5.74, 6) is 0.808. The van der Waals surface area contributed by atoms with E-state index in [1.54, 1.807) is 29.2 Å². The van der Waals surface area contributed by atoms with Crippen molar-refractivity contribution in [3.8, 4) is 11.5 Å². The molecule has 136 valence electrons. The van der Waals surface area contributed by atoms with Gasteiger partial charge in [0.1, 0.15) is 12.7 Å². The van der Waals surface area contributed by atoms with E-state index in [0.29, 0.717) is 23.7 Å². The summed E-state index contributed by atoms with van der Waals surface area (Å²) in [5.41, 5.74) is 1.44. The van der Waals surface area contributed by atoms with E-state index in [9.17, 15) is 8.42 Å². The molecule has 0 saturated carbocycles. The SMILES string of the molecule is COc1ccc(S(=O)(=O)Nc2ccc(Cn3cncn3)cc2)cc1OC. The van der Waals surface area contributed by atoms with Crippen molar-refractivity contribution < 1.29 is 17.9 Å². The van der Waals surface area contributed by atoms with Crippen LogP contribution in [0.1, 0.15) is 5.56 Å². The highest BCUT2D eigenvalue weighted by molar-refractivity contribution is 7.92. The third kappa shape index (κ3) is 3.94. The maximum Gasteiger partial charge on any atom is 0.262 e. The van der Waals surface area contributed by atoms with Crippen LogP contribution in [0.25, 0.3) is 0 Å². The fraction of sp³-hybridized carbons (Fsp3) is 0.176. The molecule has 26 heavy (non-hydrogen) atoms. The van der Waals surface area contributed by atoms with Gasteiger partial charge in [-0.1, -0.05) is 12.1 Å². The molecule has 0 aliphatic carbocycles. The number of methoxy groups -OCH3 is 2. The molecule has 0 amide bonds. The molecule has 0 bridgehead atoms. The molecule has 0 aliphatic heterocycles. The lowest BCUT2D eigenvalue weighted by atomic mass is 10.2. The van der Waals surface area contributed by atoms with Crippen molar-refractivity contribution in [1.82, 2.24) is 14.8 Å². The first-order valence-corrected chi connectivity index (χ1v) is 9.16. The highest BCUT2D eigenvalue weighted by atomic mass is 32.2. The Morgan fingerprint density at radius 1 is 1.04 bits per heavy atom. The monoisotopic (exact) mass is 374 g/mol. The predicted molar refractivity (Wildman–Crippen MR) is 95.9 cm³/mol. The van der Waals surface area contributed by atoms with Crippen molar-refractivity contribution in [3.05, 3.63) is 60.7 Å². The second-order valence-electron chi connectivity index (χ2n) is 5.41. The van der Waals surface area contributed by atoms with Gasteiger partial charge in [0.25, 0.3) is 10.0 Å². The van der Waals surface area contributed by atoms with Crippen molar-refractivity contribution in [1.29, 1.82) is 0 Å². The fourth-order valence-corrected chi connectivity index (χ4v) is 3.45.